The lowest BCUT2D eigenvalue weighted by atomic mass is 9.79. The molecule has 5 aromatic rings. The summed E-state index contributed by atoms with van der Waals surface area (Å²) in [6, 6.07) is 22.9. The second-order valence-corrected chi connectivity index (χ2v) is 16.4. The molecule has 6 heterocycles. The van der Waals surface area contributed by atoms with Crippen molar-refractivity contribution in [1.29, 1.82) is 5.26 Å². The highest BCUT2D eigenvalue weighted by Crippen LogP contribution is 2.54. The minimum atomic E-state index is -0.454. The molecule has 264 valence electrons. The molecular formula is C42H39Cl2FN6O. The number of hydrogen-bond acceptors (Lipinski definition) is 5. The number of fused-ring (bicyclic) bond motifs is 6. The van der Waals surface area contributed by atoms with Gasteiger partial charge in [-0.2, -0.15) is 5.26 Å². The molecule has 6 atom stereocenters. The Morgan fingerprint density at radius 2 is 1.87 bits per heavy atom. The average molecular weight is 734 g/mol. The molecular weight excluding hydrogens is 694 g/mol. The summed E-state index contributed by atoms with van der Waals surface area (Å²) >= 11 is 13.2. The molecule has 6 aliphatic rings. The summed E-state index contributed by atoms with van der Waals surface area (Å²) in [5.41, 5.74) is 5.89. The molecule has 0 spiro atoms. The van der Waals surface area contributed by atoms with Gasteiger partial charge in [-0.05, 0) is 80.8 Å². The van der Waals surface area contributed by atoms with Crippen molar-refractivity contribution in [3.05, 3.63) is 93.5 Å². The quantitative estimate of drug-likeness (QED) is 0.181. The molecule has 2 aromatic heterocycles. The lowest BCUT2D eigenvalue weighted by Crippen LogP contribution is -2.45. The monoisotopic (exact) mass is 732 g/mol. The van der Waals surface area contributed by atoms with Crippen molar-refractivity contribution in [2.24, 2.45) is 17.8 Å². The van der Waals surface area contributed by atoms with Crippen molar-refractivity contribution in [1.82, 2.24) is 19.8 Å². The van der Waals surface area contributed by atoms with Gasteiger partial charge >= 0.3 is 0 Å². The number of nitrogens with one attached hydrogen (secondary N) is 1. The zero-order valence-corrected chi connectivity index (χ0v) is 30.5. The Bertz CT molecular complexity index is 2320. The SMILES string of the molecule is Cc1nc2c(F)c(-c3cccc(Cl)c3Cl)c(CCC#N)cc2c2c1cc(C1C3CC(CN(c4ccccc4)C3)N1C(=O)C1CC1)n2C1C2CNC1C2. The van der Waals surface area contributed by atoms with E-state index in [9.17, 15) is 10.1 Å². The van der Waals surface area contributed by atoms with Gasteiger partial charge in [0.15, 0.2) is 5.82 Å². The van der Waals surface area contributed by atoms with E-state index < -0.39 is 5.82 Å². The number of anilines is 1. The Hall–Kier alpha value is -4.16. The number of carbonyl (C=O) groups excluding carboxylic acids is 1. The number of likely N-dealkylation sites (tertiary alicyclic amines) is 1. The predicted molar refractivity (Wildman–Crippen MR) is 203 cm³/mol. The largest absolute Gasteiger partial charge is 0.369 e. The van der Waals surface area contributed by atoms with Crippen molar-refractivity contribution in [3.8, 4) is 17.2 Å². The number of rotatable bonds is 7. The number of benzene rings is 3. The van der Waals surface area contributed by atoms with Gasteiger partial charge in [0.05, 0.1) is 39.8 Å². The summed E-state index contributed by atoms with van der Waals surface area (Å²) < 4.78 is 19.8. The summed E-state index contributed by atoms with van der Waals surface area (Å²) in [6.45, 7) is 4.60. The number of nitriles is 1. The number of aromatic nitrogens is 2. The highest BCUT2D eigenvalue weighted by atomic mass is 35.5. The lowest BCUT2D eigenvalue weighted by Gasteiger charge is -2.40. The zero-order chi connectivity index (χ0) is 35.4. The highest BCUT2D eigenvalue weighted by Gasteiger charge is 2.55. The summed E-state index contributed by atoms with van der Waals surface area (Å²) in [7, 11) is 0. The maximum Gasteiger partial charge on any atom is 0.226 e. The molecule has 2 saturated carbocycles. The van der Waals surface area contributed by atoms with Crippen LogP contribution in [0.1, 0.15) is 61.1 Å². The van der Waals surface area contributed by atoms with E-state index in [4.69, 9.17) is 28.2 Å². The van der Waals surface area contributed by atoms with Gasteiger partial charge < -0.3 is 19.7 Å². The third kappa shape index (κ3) is 4.85. The smallest absolute Gasteiger partial charge is 0.226 e. The summed E-state index contributed by atoms with van der Waals surface area (Å²) in [5.74, 6) is 0.624. The molecule has 7 nitrogen and oxygen atoms in total. The number of aryl methyl sites for hydroxylation is 2. The second kappa shape index (κ2) is 12.2. The van der Waals surface area contributed by atoms with Crippen LogP contribution in [0.4, 0.5) is 10.1 Å². The van der Waals surface area contributed by atoms with Crippen LogP contribution >= 0.6 is 23.2 Å². The molecule has 6 fully saturated rings. The first-order valence-corrected chi connectivity index (χ1v) is 19.4. The number of carbonyl (C=O) groups is 1. The molecule has 4 bridgehead atoms. The van der Waals surface area contributed by atoms with Crippen LogP contribution in [0.5, 0.6) is 0 Å². The Kier molecular flexibility index (Phi) is 7.62. The van der Waals surface area contributed by atoms with Crippen LogP contribution in [-0.2, 0) is 11.2 Å². The topological polar surface area (TPSA) is 77.2 Å². The number of nitrogens with zero attached hydrogens (tertiary/aromatic N) is 5. The number of para-hydroxylation sites is 1. The maximum absolute atomic E-state index is 17.3. The molecule has 10 heteroatoms. The van der Waals surface area contributed by atoms with Gasteiger partial charge in [-0.15, -0.1) is 0 Å². The van der Waals surface area contributed by atoms with Crippen LogP contribution in [-0.4, -0.2) is 52.1 Å². The number of halogens is 3. The van der Waals surface area contributed by atoms with Gasteiger partial charge in [-0.25, -0.2) is 9.37 Å². The molecule has 1 N–H and O–H groups in total. The summed E-state index contributed by atoms with van der Waals surface area (Å²) in [6.07, 6.45) is 4.57. The van der Waals surface area contributed by atoms with E-state index in [-0.39, 0.29) is 52.8 Å². The minimum Gasteiger partial charge on any atom is -0.369 e. The molecule has 4 aliphatic heterocycles. The second-order valence-electron chi connectivity index (χ2n) is 15.6. The van der Waals surface area contributed by atoms with Crippen LogP contribution in [0.2, 0.25) is 10.0 Å². The van der Waals surface area contributed by atoms with Gasteiger partial charge in [0.25, 0.3) is 0 Å². The van der Waals surface area contributed by atoms with Crippen molar-refractivity contribution in [2.45, 2.75) is 69.6 Å². The van der Waals surface area contributed by atoms with Gasteiger partial charge in [0, 0.05) is 82.9 Å². The van der Waals surface area contributed by atoms with E-state index in [1.54, 1.807) is 18.2 Å². The van der Waals surface area contributed by atoms with Crippen LogP contribution in [0.3, 0.4) is 0 Å². The van der Waals surface area contributed by atoms with Crippen molar-refractivity contribution in [3.63, 3.8) is 0 Å². The molecule has 0 radical (unpaired) electrons. The lowest BCUT2D eigenvalue weighted by molar-refractivity contribution is -0.135. The van der Waals surface area contributed by atoms with Gasteiger partial charge in [0.1, 0.15) is 5.52 Å². The number of hydrogen-bond donors (Lipinski definition) is 1. The highest BCUT2D eigenvalue weighted by molar-refractivity contribution is 6.43. The number of pyridine rings is 1. The van der Waals surface area contributed by atoms with Crippen LogP contribution < -0.4 is 10.2 Å². The zero-order valence-electron chi connectivity index (χ0n) is 29.0. The third-order valence-corrected chi connectivity index (χ3v) is 13.5. The van der Waals surface area contributed by atoms with E-state index in [2.05, 4.69) is 62.2 Å². The molecule has 3 aromatic carbocycles. The number of piperidine rings is 1. The average Bonchev–Trinajstić information content (AvgIpc) is 3.43. The van der Waals surface area contributed by atoms with Gasteiger partial charge in [-0.3, -0.25) is 4.79 Å². The Morgan fingerprint density at radius 1 is 1.04 bits per heavy atom. The third-order valence-electron chi connectivity index (χ3n) is 12.6. The van der Waals surface area contributed by atoms with E-state index in [0.717, 1.165) is 73.0 Å². The molecule has 52 heavy (non-hydrogen) atoms. The Balaban J connectivity index is 1.22. The fraction of sp³-hybridized carbons (Fsp3) is 0.405. The van der Waals surface area contributed by atoms with Crippen LogP contribution in [0, 0.1) is 41.8 Å². The first kappa shape index (κ1) is 32.5. The Morgan fingerprint density at radius 3 is 2.60 bits per heavy atom. The van der Waals surface area contributed by atoms with Crippen LogP contribution in [0.25, 0.3) is 32.9 Å². The fourth-order valence-electron chi connectivity index (χ4n) is 10.2. The Labute approximate surface area is 312 Å². The molecule has 6 unspecified atom stereocenters. The van der Waals surface area contributed by atoms with Crippen molar-refractivity contribution < 1.29 is 9.18 Å². The van der Waals surface area contributed by atoms with E-state index >= 15 is 4.39 Å². The minimum absolute atomic E-state index is 0.0962. The fourth-order valence-corrected chi connectivity index (χ4v) is 10.6. The van der Waals surface area contributed by atoms with Gasteiger partial charge in [-0.1, -0.05) is 53.5 Å². The molecule has 1 amide bonds. The number of amides is 1. The standard InChI is InChI=1S/C42H39Cl2FN6O/c1-22-30-18-34(40-26-15-28(50(40)42(52)23-12-13-23)21-49(20-26)27-8-3-2-4-9-27)51(39-25-17-33(39)47-19-25)41(30)31-16-24(7-6-14-46)35(37(45)38(31)48-22)29-10-5-11-32(43)36(29)44/h2-5,8-11,16,18,23,25-26,28,33,39-40,47H,6-7,12-13,15,17,19-21H2,1H3. The first-order chi connectivity index (χ1) is 25.3. The summed E-state index contributed by atoms with van der Waals surface area (Å²) in [5, 5.41) is 15.7. The summed E-state index contributed by atoms with van der Waals surface area (Å²) in [4.78, 5) is 24.1. The normalized spacial score (nSPS) is 26.3. The van der Waals surface area contributed by atoms with Crippen LogP contribution in [0.15, 0.2) is 60.7 Å². The predicted octanol–water partition coefficient (Wildman–Crippen LogP) is 8.79. The molecule has 11 rings (SSSR count). The maximum atomic E-state index is 17.3. The van der Waals surface area contributed by atoms with Crippen molar-refractivity contribution in [2.75, 3.05) is 24.5 Å². The van der Waals surface area contributed by atoms with E-state index in [1.807, 2.05) is 13.0 Å². The molecule has 4 saturated heterocycles. The van der Waals surface area contributed by atoms with E-state index in [1.165, 1.54) is 5.69 Å². The van der Waals surface area contributed by atoms with Gasteiger partial charge in [0.2, 0.25) is 5.91 Å². The van der Waals surface area contributed by atoms with E-state index in [0.29, 0.717) is 40.1 Å². The van der Waals surface area contributed by atoms with Crippen molar-refractivity contribution >= 4 is 56.6 Å². The first-order valence-electron chi connectivity index (χ1n) is 18.7. The molecule has 2 aliphatic carbocycles.